The van der Waals surface area contributed by atoms with Gasteiger partial charge in [0.1, 0.15) is 12.3 Å². The summed E-state index contributed by atoms with van der Waals surface area (Å²) in [5, 5.41) is 3.01. The second kappa shape index (κ2) is 8.59. The quantitative estimate of drug-likeness (QED) is 0.499. The van der Waals surface area contributed by atoms with Crippen LogP contribution in [-0.4, -0.2) is 23.4 Å². The first-order chi connectivity index (χ1) is 13.0. The van der Waals surface area contributed by atoms with Crippen molar-refractivity contribution in [2.75, 3.05) is 6.54 Å². The van der Waals surface area contributed by atoms with Crippen molar-refractivity contribution < 1.29 is 14.3 Å². The van der Waals surface area contributed by atoms with Gasteiger partial charge in [0.05, 0.1) is 9.50 Å². The maximum Gasteiger partial charge on any atom is 0.329 e. The Morgan fingerprint density at radius 3 is 2.63 bits per heavy atom. The number of rotatable bonds is 6. The standard InChI is InChI=1S/C20H18BrClN2O3/c1-2-8-24-19(25)17(23-20(24)26)11-14-9-15(21)18(16(22)10-14)27-12-13-6-4-3-5-7-13/h3-7,9-11H,2,8,12H2,1H3,(H,23,26)/b17-11+. The number of amides is 3. The number of benzene rings is 2. The number of nitrogens with zero attached hydrogens (tertiary/aromatic N) is 1. The Balaban J connectivity index is 1.78. The van der Waals surface area contributed by atoms with Gasteiger partial charge in [-0.1, -0.05) is 48.9 Å². The van der Waals surface area contributed by atoms with Crippen LogP contribution in [0.25, 0.3) is 6.08 Å². The van der Waals surface area contributed by atoms with Crippen LogP contribution in [0.3, 0.4) is 0 Å². The molecule has 0 saturated carbocycles. The average molecular weight is 450 g/mol. The van der Waals surface area contributed by atoms with Gasteiger partial charge in [-0.25, -0.2) is 4.79 Å². The molecule has 1 aliphatic heterocycles. The van der Waals surface area contributed by atoms with Gasteiger partial charge in [0.15, 0.2) is 5.75 Å². The number of carbonyl (C=O) groups excluding carboxylic acids is 2. The molecule has 0 atom stereocenters. The zero-order valence-electron chi connectivity index (χ0n) is 14.7. The molecule has 7 heteroatoms. The Hall–Kier alpha value is -2.31. The van der Waals surface area contributed by atoms with E-state index in [-0.39, 0.29) is 11.6 Å². The molecule has 27 heavy (non-hydrogen) atoms. The average Bonchev–Trinajstić information content (AvgIpc) is 2.90. The summed E-state index contributed by atoms with van der Waals surface area (Å²) in [5.74, 6) is 0.190. The monoisotopic (exact) mass is 448 g/mol. The first-order valence-corrected chi connectivity index (χ1v) is 9.67. The zero-order valence-corrected chi connectivity index (χ0v) is 17.0. The summed E-state index contributed by atoms with van der Waals surface area (Å²) in [5.41, 5.74) is 1.94. The number of ether oxygens (including phenoxy) is 1. The SMILES string of the molecule is CCCN1C(=O)N/C(=C/c2cc(Cl)c(OCc3ccccc3)c(Br)c2)C1=O. The summed E-state index contributed by atoms with van der Waals surface area (Å²) >= 11 is 9.83. The van der Waals surface area contributed by atoms with Gasteiger partial charge < -0.3 is 10.1 Å². The van der Waals surface area contributed by atoms with E-state index >= 15 is 0 Å². The van der Waals surface area contributed by atoms with Gasteiger partial charge in [0.25, 0.3) is 5.91 Å². The molecule has 1 heterocycles. The van der Waals surface area contributed by atoms with Crippen LogP contribution in [0, 0.1) is 0 Å². The van der Waals surface area contributed by atoms with Crippen molar-refractivity contribution in [3.05, 3.63) is 68.8 Å². The van der Waals surface area contributed by atoms with Crippen molar-refractivity contribution in [1.29, 1.82) is 0 Å². The normalized spacial score (nSPS) is 15.4. The summed E-state index contributed by atoms with van der Waals surface area (Å²) in [6.07, 6.45) is 2.31. The molecule has 0 aliphatic carbocycles. The number of hydrogen-bond acceptors (Lipinski definition) is 3. The van der Waals surface area contributed by atoms with Gasteiger partial charge in [-0.2, -0.15) is 0 Å². The lowest BCUT2D eigenvalue weighted by Crippen LogP contribution is -2.31. The molecule has 1 N–H and O–H groups in total. The summed E-state index contributed by atoms with van der Waals surface area (Å²) < 4.78 is 6.49. The largest absolute Gasteiger partial charge is 0.486 e. The highest BCUT2D eigenvalue weighted by molar-refractivity contribution is 9.10. The minimum Gasteiger partial charge on any atom is -0.486 e. The third-order valence-corrected chi connectivity index (χ3v) is 4.84. The molecule has 3 rings (SSSR count). The molecule has 1 saturated heterocycles. The predicted octanol–water partition coefficient (Wildman–Crippen LogP) is 4.98. The second-order valence-electron chi connectivity index (χ2n) is 6.03. The maximum atomic E-state index is 12.3. The molecule has 140 valence electrons. The molecule has 1 aliphatic rings. The van der Waals surface area contributed by atoms with E-state index in [2.05, 4.69) is 21.2 Å². The van der Waals surface area contributed by atoms with Crippen molar-refractivity contribution in [2.45, 2.75) is 20.0 Å². The molecule has 2 aromatic carbocycles. The molecule has 5 nitrogen and oxygen atoms in total. The summed E-state index contributed by atoms with van der Waals surface area (Å²) in [6.45, 7) is 2.69. The second-order valence-corrected chi connectivity index (χ2v) is 7.29. The number of carbonyl (C=O) groups is 2. The lowest BCUT2D eigenvalue weighted by molar-refractivity contribution is -0.122. The topological polar surface area (TPSA) is 58.6 Å². The van der Waals surface area contributed by atoms with Crippen LogP contribution < -0.4 is 10.1 Å². The first-order valence-electron chi connectivity index (χ1n) is 8.50. The van der Waals surface area contributed by atoms with E-state index in [9.17, 15) is 9.59 Å². The van der Waals surface area contributed by atoms with Crippen molar-refractivity contribution in [2.24, 2.45) is 0 Å². The number of imide groups is 1. The summed E-state index contributed by atoms with van der Waals surface area (Å²) in [4.78, 5) is 25.4. The molecule has 0 bridgehead atoms. The third kappa shape index (κ3) is 4.51. The number of nitrogens with one attached hydrogen (secondary N) is 1. The molecular formula is C20H18BrClN2O3. The van der Waals surface area contributed by atoms with E-state index in [4.69, 9.17) is 16.3 Å². The highest BCUT2D eigenvalue weighted by Gasteiger charge is 2.32. The number of halogens is 2. The summed E-state index contributed by atoms with van der Waals surface area (Å²) in [6, 6.07) is 12.9. The number of hydrogen-bond donors (Lipinski definition) is 1. The van der Waals surface area contributed by atoms with Gasteiger partial charge in [-0.15, -0.1) is 0 Å². The Morgan fingerprint density at radius 2 is 1.96 bits per heavy atom. The summed E-state index contributed by atoms with van der Waals surface area (Å²) in [7, 11) is 0. The Morgan fingerprint density at radius 1 is 1.22 bits per heavy atom. The molecule has 3 amide bonds. The van der Waals surface area contributed by atoms with Crippen LogP contribution in [0.2, 0.25) is 5.02 Å². The van der Waals surface area contributed by atoms with Gasteiger partial charge in [-0.3, -0.25) is 9.69 Å². The lowest BCUT2D eigenvalue weighted by Gasteiger charge is -2.11. The first kappa shape index (κ1) is 19.5. The third-order valence-electron chi connectivity index (χ3n) is 3.97. The zero-order chi connectivity index (χ0) is 19.4. The van der Waals surface area contributed by atoms with E-state index < -0.39 is 6.03 Å². The minimum absolute atomic E-state index is 0.231. The molecular weight excluding hydrogens is 432 g/mol. The van der Waals surface area contributed by atoms with Crippen molar-refractivity contribution >= 4 is 45.5 Å². The van der Waals surface area contributed by atoms with Gasteiger partial charge in [-0.05, 0) is 51.7 Å². The van der Waals surface area contributed by atoms with E-state index in [1.54, 1.807) is 18.2 Å². The van der Waals surface area contributed by atoms with E-state index in [0.29, 0.717) is 40.4 Å². The number of urea groups is 1. The van der Waals surface area contributed by atoms with Gasteiger partial charge in [0, 0.05) is 6.54 Å². The van der Waals surface area contributed by atoms with Crippen molar-refractivity contribution in [3.8, 4) is 5.75 Å². The van der Waals surface area contributed by atoms with Crippen LogP contribution in [0.1, 0.15) is 24.5 Å². The fourth-order valence-electron chi connectivity index (χ4n) is 2.70. The fraction of sp³-hybridized carbons (Fsp3) is 0.200. The Bertz CT molecular complexity index is 876. The predicted molar refractivity (Wildman–Crippen MR) is 108 cm³/mol. The van der Waals surface area contributed by atoms with Crippen LogP contribution in [0.5, 0.6) is 5.75 Å². The van der Waals surface area contributed by atoms with E-state index in [1.807, 2.05) is 37.3 Å². The van der Waals surface area contributed by atoms with Crippen LogP contribution in [0.15, 0.2) is 52.6 Å². The van der Waals surface area contributed by atoms with E-state index in [0.717, 1.165) is 5.56 Å². The minimum atomic E-state index is -0.402. The molecule has 0 spiro atoms. The Labute approximate surface area is 171 Å². The van der Waals surface area contributed by atoms with Crippen LogP contribution in [-0.2, 0) is 11.4 Å². The molecule has 2 aromatic rings. The molecule has 1 fully saturated rings. The van der Waals surface area contributed by atoms with Crippen LogP contribution >= 0.6 is 27.5 Å². The van der Waals surface area contributed by atoms with Gasteiger partial charge >= 0.3 is 6.03 Å². The lowest BCUT2D eigenvalue weighted by atomic mass is 10.1. The molecule has 0 unspecified atom stereocenters. The van der Waals surface area contributed by atoms with Crippen LogP contribution in [0.4, 0.5) is 4.79 Å². The van der Waals surface area contributed by atoms with Crippen molar-refractivity contribution in [1.82, 2.24) is 10.2 Å². The molecule has 0 aromatic heterocycles. The fourth-order valence-corrected chi connectivity index (χ4v) is 3.68. The van der Waals surface area contributed by atoms with Gasteiger partial charge in [0.2, 0.25) is 0 Å². The maximum absolute atomic E-state index is 12.3. The highest BCUT2D eigenvalue weighted by Crippen LogP contribution is 2.35. The molecule has 0 radical (unpaired) electrons. The highest BCUT2D eigenvalue weighted by atomic mass is 79.9. The van der Waals surface area contributed by atoms with E-state index in [1.165, 1.54) is 4.90 Å². The van der Waals surface area contributed by atoms with Crippen molar-refractivity contribution in [3.63, 3.8) is 0 Å². The Kier molecular flexibility index (Phi) is 6.19. The smallest absolute Gasteiger partial charge is 0.329 e.